The van der Waals surface area contributed by atoms with Crippen LogP contribution in [0.4, 0.5) is 0 Å². The topological polar surface area (TPSA) is 63.6 Å². The van der Waals surface area contributed by atoms with Gasteiger partial charge in [-0.1, -0.05) is 11.6 Å². The number of benzene rings is 1. The molecule has 1 fully saturated rings. The fraction of sp³-hybridized carbons (Fsp3) is 0.444. The second-order valence-electron chi connectivity index (χ2n) is 6.45. The molecule has 1 aromatic carbocycles. The fourth-order valence-electron chi connectivity index (χ4n) is 3.42. The van der Waals surface area contributed by atoms with Gasteiger partial charge < -0.3 is 9.30 Å². The number of nitrogens with zero attached hydrogens (tertiary/aromatic N) is 2. The Morgan fingerprint density at radius 1 is 1.27 bits per heavy atom. The Morgan fingerprint density at radius 2 is 2.00 bits per heavy atom. The molecule has 0 radical (unpaired) electrons. The van der Waals surface area contributed by atoms with Crippen LogP contribution in [-0.2, 0) is 17.1 Å². The average molecular weight is 398 g/mol. The zero-order chi connectivity index (χ0) is 18.7. The number of aryl methyl sites for hydroxylation is 1. The highest BCUT2D eigenvalue weighted by atomic mass is 35.5. The highest BCUT2D eigenvalue weighted by molar-refractivity contribution is 7.89. The maximum absolute atomic E-state index is 12.9. The summed E-state index contributed by atoms with van der Waals surface area (Å²) in [6.07, 6.45) is 4.25. The molecule has 26 heavy (non-hydrogen) atoms. The van der Waals surface area contributed by atoms with Gasteiger partial charge in [0.2, 0.25) is 10.0 Å². The highest BCUT2D eigenvalue weighted by Crippen LogP contribution is 2.29. The molecule has 0 bridgehead atoms. The summed E-state index contributed by atoms with van der Waals surface area (Å²) < 4.78 is 35.7. The maximum atomic E-state index is 12.9. The molecule has 1 aliphatic heterocycles. The number of nitrogens with one attached hydrogen (secondary N) is 1. The van der Waals surface area contributed by atoms with E-state index in [4.69, 9.17) is 16.3 Å². The Labute approximate surface area is 159 Å². The van der Waals surface area contributed by atoms with E-state index in [-0.39, 0.29) is 23.2 Å². The van der Waals surface area contributed by atoms with Crippen LogP contribution in [-0.4, -0.2) is 44.6 Å². The van der Waals surface area contributed by atoms with Crippen LogP contribution in [0.1, 0.15) is 24.6 Å². The SMILES string of the molecule is COc1ccc(Cl)cc1S(=O)(=O)NCC(c1cccn1C)N1CCCC1. The smallest absolute Gasteiger partial charge is 0.244 e. The van der Waals surface area contributed by atoms with Crippen molar-refractivity contribution < 1.29 is 13.2 Å². The van der Waals surface area contributed by atoms with E-state index in [2.05, 4.69) is 9.62 Å². The Hall–Kier alpha value is -1.54. The third kappa shape index (κ3) is 4.06. The van der Waals surface area contributed by atoms with Crippen LogP contribution in [0.5, 0.6) is 5.75 Å². The molecule has 8 heteroatoms. The van der Waals surface area contributed by atoms with E-state index in [0.29, 0.717) is 5.02 Å². The van der Waals surface area contributed by atoms with Crippen molar-refractivity contribution in [2.24, 2.45) is 7.05 Å². The van der Waals surface area contributed by atoms with E-state index in [0.717, 1.165) is 31.6 Å². The average Bonchev–Trinajstić information content (AvgIpc) is 3.28. The molecule has 0 amide bonds. The first-order valence-electron chi connectivity index (χ1n) is 8.61. The number of methoxy groups -OCH3 is 1. The molecule has 3 rings (SSSR count). The minimum absolute atomic E-state index is 0.0162. The second kappa shape index (κ2) is 8.00. The number of halogens is 1. The third-order valence-electron chi connectivity index (χ3n) is 4.79. The number of sulfonamides is 1. The van der Waals surface area contributed by atoms with Crippen LogP contribution in [0.2, 0.25) is 5.02 Å². The lowest BCUT2D eigenvalue weighted by Gasteiger charge is -2.28. The number of hydrogen-bond acceptors (Lipinski definition) is 4. The van der Waals surface area contributed by atoms with Crippen molar-refractivity contribution in [1.29, 1.82) is 0 Å². The van der Waals surface area contributed by atoms with Crippen LogP contribution in [0.25, 0.3) is 0 Å². The highest BCUT2D eigenvalue weighted by Gasteiger charge is 2.28. The van der Waals surface area contributed by atoms with E-state index in [9.17, 15) is 8.42 Å². The summed E-state index contributed by atoms with van der Waals surface area (Å²) in [4.78, 5) is 2.38. The summed E-state index contributed by atoms with van der Waals surface area (Å²) in [5.41, 5.74) is 1.09. The predicted molar refractivity (Wildman–Crippen MR) is 102 cm³/mol. The van der Waals surface area contributed by atoms with Crippen LogP contribution in [0.3, 0.4) is 0 Å². The lowest BCUT2D eigenvalue weighted by Crippen LogP contribution is -2.37. The van der Waals surface area contributed by atoms with Crippen LogP contribution in [0.15, 0.2) is 41.4 Å². The summed E-state index contributed by atoms with van der Waals surface area (Å²) in [5, 5.41) is 0.352. The van der Waals surface area contributed by atoms with Gasteiger partial charge in [-0.15, -0.1) is 0 Å². The van der Waals surface area contributed by atoms with Gasteiger partial charge in [0, 0.05) is 30.5 Å². The lowest BCUT2D eigenvalue weighted by molar-refractivity contribution is 0.238. The summed E-state index contributed by atoms with van der Waals surface area (Å²) in [6, 6.07) is 8.58. The fourth-order valence-corrected chi connectivity index (χ4v) is 4.89. The molecule has 0 spiro atoms. The minimum atomic E-state index is -3.75. The molecule has 6 nitrogen and oxygen atoms in total. The number of aromatic nitrogens is 1. The zero-order valence-corrected chi connectivity index (χ0v) is 16.6. The van der Waals surface area contributed by atoms with Gasteiger partial charge in [0.05, 0.1) is 13.2 Å². The van der Waals surface area contributed by atoms with Crippen molar-refractivity contribution in [2.45, 2.75) is 23.8 Å². The lowest BCUT2D eigenvalue weighted by atomic mass is 10.2. The first-order valence-corrected chi connectivity index (χ1v) is 10.5. The van der Waals surface area contributed by atoms with E-state index in [1.54, 1.807) is 12.1 Å². The molecule has 2 heterocycles. The van der Waals surface area contributed by atoms with Gasteiger partial charge in [0.25, 0.3) is 0 Å². The standard InChI is InChI=1S/C18H24ClN3O3S/c1-21-9-5-6-15(21)16(22-10-3-4-11-22)13-20-26(23,24)18-12-14(19)7-8-17(18)25-2/h5-9,12,16,20H,3-4,10-11,13H2,1-2H3. The largest absolute Gasteiger partial charge is 0.495 e. The Morgan fingerprint density at radius 3 is 2.62 bits per heavy atom. The van der Waals surface area contributed by atoms with Crippen LogP contribution < -0.4 is 9.46 Å². The Balaban J connectivity index is 1.84. The van der Waals surface area contributed by atoms with Crippen LogP contribution >= 0.6 is 11.6 Å². The molecule has 1 N–H and O–H groups in total. The van der Waals surface area contributed by atoms with Crippen molar-refractivity contribution in [1.82, 2.24) is 14.2 Å². The monoisotopic (exact) mass is 397 g/mol. The summed E-state index contributed by atoms with van der Waals surface area (Å²) in [7, 11) is -0.327. The van der Waals surface area contributed by atoms with Gasteiger partial charge in [-0.3, -0.25) is 4.90 Å². The van der Waals surface area contributed by atoms with Gasteiger partial charge in [-0.25, -0.2) is 13.1 Å². The van der Waals surface area contributed by atoms with Crippen molar-refractivity contribution in [3.63, 3.8) is 0 Å². The number of likely N-dealkylation sites (tertiary alicyclic amines) is 1. The van der Waals surface area contributed by atoms with Crippen LogP contribution in [0, 0.1) is 0 Å². The third-order valence-corrected chi connectivity index (χ3v) is 6.47. The van der Waals surface area contributed by atoms with Gasteiger partial charge in [-0.05, 0) is 56.3 Å². The van der Waals surface area contributed by atoms with E-state index >= 15 is 0 Å². The molecule has 1 saturated heterocycles. The summed E-state index contributed by atoms with van der Waals surface area (Å²) in [5.74, 6) is 0.276. The molecule has 1 aromatic heterocycles. The predicted octanol–water partition coefficient (Wildman–Crippen LogP) is 2.80. The Bertz CT molecular complexity index is 860. The Kier molecular flexibility index (Phi) is 5.92. The quantitative estimate of drug-likeness (QED) is 0.780. The van der Waals surface area contributed by atoms with Crippen molar-refractivity contribution in [3.05, 3.63) is 47.2 Å². The molecular formula is C18H24ClN3O3S. The van der Waals surface area contributed by atoms with Gasteiger partial charge >= 0.3 is 0 Å². The first-order chi connectivity index (χ1) is 12.4. The van der Waals surface area contributed by atoms with E-state index < -0.39 is 10.0 Å². The minimum Gasteiger partial charge on any atom is -0.495 e. The maximum Gasteiger partial charge on any atom is 0.244 e. The molecule has 1 atom stereocenters. The molecule has 0 saturated carbocycles. The zero-order valence-electron chi connectivity index (χ0n) is 15.0. The van der Waals surface area contributed by atoms with E-state index in [1.165, 1.54) is 13.2 Å². The van der Waals surface area contributed by atoms with Gasteiger partial charge in [-0.2, -0.15) is 0 Å². The van der Waals surface area contributed by atoms with E-state index in [1.807, 2.05) is 29.9 Å². The second-order valence-corrected chi connectivity index (χ2v) is 8.62. The van der Waals surface area contributed by atoms with Crippen molar-refractivity contribution in [3.8, 4) is 5.75 Å². The normalized spacial score (nSPS) is 16.7. The molecule has 1 aliphatic rings. The van der Waals surface area contributed by atoms with Gasteiger partial charge in [0.15, 0.2) is 0 Å². The number of rotatable bonds is 7. The molecule has 0 aliphatic carbocycles. The van der Waals surface area contributed by atoms with Crippen molar-refractivity contribution >= 4 is 21.6 Å². The van der Waals surface area contributed by atoms with Gasteiger partial charge in [0.1, 0.15) is 10.6 Å². The molecule has 2 aromatic rings. The molecule has 1 unspecified atom stereocenters. The molecule has 142 valence electrons. The number of ether oxygens (including phenoxy) is 1. The van der Waals surface area contributed by atoms with Crippen molar-refractivity contribution in [2.75, 3.05) is 26.7 Å². The summed E-state index contributed by atoms with van der Waals surface area (Å²) in [6.45, 7) is 2.23. The summed E-state index contributed by atoms with van der Waals surface area (Å²) >= 11 is 5.99. The first kappa shape index (κ1) is 19.2. The number of hydrogen-bond donors (Lipinski definition) is 1. The molecular weight excluding hydrogens is 374 g/mol.